The lowest BCUT2D eigenvalue weighted by Gasteiger charge is -2.16. The van der Waals surface area contributed by atoms with Gasteiger partial charge in [0.05, 0.1) is 17.7 Å². The highest BCUT2D eigenvalue weighted by atomic mass is 16.4. The van der Waals surface area contributed by atoms with Crippen molar-refractivity contribution < 1.29 is 19.5 Å². The van der Waals surface area contributed by atoms with Crippen LogP contribution in [-0.2, 0) is 9.59 Å². The van der Waals surface area contributed by atoms with E-state index >= 15 is 0 Å². The molecule has 0 saturated carbocycles. The maximum atomic E-state index is 12.6. The van der Waals surface area contributed by atoms with Gasteiger partial charge in [-0.25, -0.2) is 9.69 Å². The maximum Gasteiger partial charge on any atom is 0.335 e. The average Bonchev–Trinajstić information content (AvgIpc) is 2.85. The second kappa shape index (κ2) is 6.39. The van der Waals surface area contributed by atoms with Crippen LogP contribution in [0, 0.1) is 13.8 Å². The largest absolute Gasteiger partial charge is 0.478 e. The summed E-state index contributed by atoms with van der Waals surface area (Å²) >= 11 is 0. The molecular weight excluding hydrogens is 320 g/mol. The molecule has 2 aromatic carbocycles. The molecular formula is C19H18N2O4. The van der Waals surface area contributed by atoms with E-state index in [9.17, 15) is 14.4 Å². The van der Waals surface area contributed by atoms with E-state index in [4.69, 9.17) is 5.11 Å². The van der Waals surface area contributed by atoms with Crippen LogP contribution in [0.4, 0.5) is 11.4 Å². The number of hydrogen-bond donors (Lipinski definition) is 2. The van der Waals surface area contributed by atoms with E-state index in [1.807, 2.05) is 32.0 Å². The van der Waals surface area contributed by atoms with Gasteiger partial charge in [0, 0.05) is 5.69 Å². The SMILES string of the molecule is Cc1ccc(N[C@@H]2CC(=O)N(c3ccc(C(=O)O)cc3)C2=O)cc1C. The van der Waals surface area contributed by atoms with Crippen LogP contribution in [0.1, 0.15) is 27.9 Å². The van der Waals surface area contributed by atoms with Crippen molar-refractivity contribution in [3.63, 3.8) is 0 Å². The predicted octanol–water partition coefficient (Wildman–Crippen LogP) is 2.75. The van der Waals surface area contributed by atoms with Gasteiger partial charge in [-0.2, -0.15) is 0 Å². The van der Waals surface area contributed by atoms with Gasteiger partial charge in [-0.15, -0.1) is 0 Å². The molecule has 128 valence electrons. The monoisotopic (exact) mass is 338 g/mol. The summed E-state index contributed by atoms with van der Waals surface area (Å²) in [5.74, 6) is -1.71. The van der Waals surface area contributed by atoms with Crippen molar-refractivity contribution in [2.75, 3.05) is 10.2 Å². The highest BCUT2D eigenvalue weighted by Crippen LogP contribution is 2.26. The summed E-state index contributed by atoms with van der Waals surface area (Å²) in [4.78, 5) is 36.9. The topological polar surface area (TPSA) is 86.7 Å². The third-order valence-electron chi connectivity index (χ3n) is 4.37. The minimum Gasteiger partial charge on any atom is -0.478 e. The molecule has 1 fully saturated rings. The van der Waals surface area contributed by atoms with Crippen molar-refractivity contribution in [2.24, 2.45) is 0 Å². The van der Waals surface area contributed by atoms with E-state index in [-0.39, 0.29) is 23.8 Å². The number of amides is 2. The van der Waals surface area contributed by atoms with E-state index in [2.05, 4.69) is 5.32 Å². The van der Waals surface area contributed by atoms with Crippen molar-refractivity contribution in [3.05, 3.63) is 59.2 Å². The Morgan fingerprint density at radius 1 is 1.08 bits per heavy atom. The number of hydrogen-bond acceptors (Lipinski definition) is 4. The number of carbonyl (C=O) groups is 3. The van der Waals surface area contributed by atoms with Crippen LogP contribution in [-0.4, -0.2) is 28.9 Å². The minimum atomic E-state index is -1.06. The second-order valence-corrected chi connectivity index (χ2v) is 6.12. The maximum absolute atomic E-state index is 12.6. The number of carboxylic acid groups (broad SMARTS) is 1. The molecule has 0 bridgehead atoms. The van der Waals surface area contributed by atoms with E-state index in [0.29, 0.717) is 5.69 Å². The lowest BCUT2D eigenvalue weighted by atomic mass is 10.1. The van der Waals surface area contributed by atoms with Crippen LogP contribution in [0.3, 0.4) is 0 Å². The molecule has 0 aromatic heterocycles. The first-order valence-corrected chi connectivity index (χ1v) is 7.91. The van der Waals surface area contributed by atoms with Crippen molar-refractivity contribution in [1.82, 2.24) is 0 Å². The molecule has 0 unspecified atom stereocenters. The van der Waals surface area contributed by atoms with Gasteiger partial charge < -0.3 is 10.4 Å². The molecule has 25 heavy (non-hydrogen) atoms. The Morgan fingerprint density at radius 3 is 2.36 bits per heavy atom. The molecule has 6 heteroatoms. The van der Waals surface area contributed by atoms with Crippen LogP contribution in [0.2, 0.25) is 0 Å². The normalized spacial score (nSPS) is 17.0. The molecule has 0 aliphatic carbocycles. The molecule has 3 rings (SSSR count). The first kappa shape index (κ1) is 16.7. The number of aromatic carboxylic acids is 1. The molecule has 2 amide bonds. The lowest BCUT2D eigenvalue weighted by Crippen LogP contribution is -2.34. The number of imide groups is 1. The van der Waals surface area contributed by atoms with Gasteiger partial charge in [-0.3, -0.25) is 9.59 Å². The molecule has 1 saturated heterocycles. The van der Waals surface area contributed by atoms with Gasteiger partial charge >= 0.3 is 5.97 Å². The first-order valence-electron chi connectivity index (χ1n) is 7.91. The number of benzene rings is 2. The van der Waals surface area contributed by atoms with Gasteiger partial charge in [-0.1, -0.05) is 6.07 Å². The zero-order chi connectivity index (χ0) is 18.1. The molecule has 0 radical (unpaired) electrons. The van der Waals surface area contributed by atoms with Gasteiger partial charge in [0.1, 0.15) is 6.04 Å². The number of nitrogens with one attached hydrogen (secondary N) is 1. The Morgan fingerprint density at radius 2 is 1.76 bits per heavy atom. The van der Waals surface area contributed by atoms with Crippen LogP contribution >= 0.6 is 0 Å². The van der Waals surface area contributed by atoms with Crippen LogP contribution in [0.15, 0.2) is 42.5 Å². The highest BCUT2D eigenvalue weighted by Gasteiger charge is 2.39. The van der Waals surface area contributed by atoms with Crippen LogP contribution in [0.5, 0.6) is 0 Å². The molecule has 6 nitrogen and oxygen atoms in total. The Labute approximate surface area is 145 Å². The van der Waals surface area contributed by atoms with Crippen LogP contribution < -0.4 is 10.2 Å². The first-order chi connectivity index (χ1) is 11.9. The molecule has 1 aliphatic heterocycles. The summed E-state index contributed by atoms with van der Waals surface area (Å²) in [7, 11) is 0. The fourth-order valence-electron chi connectivity index (χ4n) is 2.80. The summed E-state index contributed by atoms with van der Waals surface area (Å²) in [6.07, 6.45) is 0.0619. The van der Waals surface area contributed by atoms with E-state index in [0.717, 1.165) is 21.7 Å². The zero-order valence-corrected chi connectivity index (χ0v) is 13.9. The van der Waals surface area contributed by atoms with E-state index in [1.165, 1.54) is 24.3 Å². The summed E-state index contributed by atoms with van der Waals surface area (Å²) in [6.45, 7) is 3.99. The van der Waals surface area contributed by atoms with E-state index < -0.39 is 12.0 Å². The van der Waals surface area contributed by atoms with Gasteiger partial charge in [0.25, 0.3) is 5.91 Å². The summed E-state index contributed by atoms with van der Waals surface area (Å²) in [5, 5.41) is 12.0. The zero-order valence-electron chi connectivity index (χ0n) is 13.9. The van der Waals surface area contributed by atoms with Gasteiger partial charge in [0.2, 0.25) is 5.91 Å². The number of carboxylic acids is 1. The third kappa shape index (κ3) is 3.24. The smallest absolute Gasteiger partial charge is 0.335 e. The van der Waals surface area contributed by atoms with Gasteiger partial charge in [-0.05, 0) is 61.4 Å². The highest BCUT2D eigenvalue weighted by molar-refractivity contribution is 6.23. The molecule has 1 atom stereocenters. The minimum absolute atomic E-state index is 0.0619. The summed E-state index contributed by atoms with van der Waals surface area (Å²) in [6, 6.07) is 10.8. The molecule has 2 N–H and O–H groups in total. The Hall–Kier alpha value is -3.15. The average molecular weight is 338 g/mol. The van der Waals surface area contributed by atoms with Crippen molar-refractivity contribution in [1.29, 1.82) is 0 Å². The van der Waals surface area contributed by atoms with Crippen molar-refractivity contribution >= 4 is 29.2 Å². The third-order valence-corrected chi connectivity index (χ3v) is 4.37. The summed E-state index contributed by atoms with van der Waals surface area (Å²) < 4.78 is 0. The summed E-state index contributed by atoms with van der Waals surface area (Å²) in [5.41, 5.74) is 3.52. The number of aryl methyl sites for hydroxylation is 2. The standard InChI is InChI=1S/C19H18N2O4/c1-11-3-6-14(9-12(11)2)20-16-10-17(22)21(18(16)23)15-7-4-13(5-8-15)19(24)25/h3-9,16,20H,10H2,1-2H3,(H,24,25)/t16-/m1/s1. The Bertz CT molecular complexity index is 858. The van der Waals surface area contributed by atoms with Gasteiger partial charge in [0.15, 0.2) is 0 Å². The van der Waals surface area contributed by atoms with Crippen molar-refractivity contribution in [2.45, 2.75) is 26.3 Å². The Kier molecular flexibility index (Phi) is 4.27. The number of anilines is 2. The van der Waals surface area contributed by atoms with Crippen molar-refractivity contribution in [3.8, 4) is 0 Å². The number of carbonyl (C=O) groups excluding carboxylic acids is 2. The van der Waals surface area contributed by atoms with E-state index in [1.54, 1.807) is 0 Å². The number of rotatable bonds is 4. The lowest BCUT2D eigenvalue weighted by molar-refractivity contribution is -0.121. The fourth-order valence-corrected chi connectivity index (χ4v) is 2.80. The molecule has 1 aliphatic rings. The molecule has 0 spiro atoms. The second-order valence-electron chi connectivity index (χ2n) is 6.12. The Balaban J connectivity index is 1.79. The fraction of sp³-hybridized carbons (Fsp3) is 0.211. The predicted molar refractivity (Wildman–Crippen MR) is 93.8 cm³/mol. The van der Waals surface area contributed by atoms with Crippen LogP contribution in [0.25, 0.3) is 0 Å². The molecule has 2 aromatic rings. The molecule has 1 heterocycles. The number of nitrogens with zero attached hydrogens (tertiary/aromatic N) is 1. The quantitative estimate of drug-likeness (QED) is 0.837.